The Balaban J connectivity index is -0.000000720. The average Bonchev–Trinajstić information content (AvgIpc) is 2.11. The van der Waals surface area contributed by atoms with Gasteiger partial charge in [-0.3, -0.25) is 4.79 Å². The summed E-state index contributed by atoms with van der Waals surface area (Å²) in [6, 6.07) is -0.768. The Hall–Kier alpha value is -0.0900. The van der Waals surface area contributed by atoms with Gasteiger partial charge in [0.25, 0.3) is 0 Å². The van der Waals surface area contributed by atoms with Crippen molar-refractivity contribution in [3.63, 3.8) is 0 Å². The number of hydrogen-bond acceptors (Lipinski definition) is 3. The zero-order chi connectivity index (χ0) is 10.3. The van der Waals surface area contributed by atoms with Crippen LogP contribution in [-0.4, -0.2) is 24.5 Å². The summed E-state index contributed by atoms with van der Waals surface area (Å²) in [5, 5.41) is 2.65. The first-order valence-corrected chi connectivity index (χ1v) is 4.34. The van der Waals surface area contributed by atoms with Crippen molar-refractivity contribution in [1.82, 2.24) is 5.32 Å². The Labute approximate surface area is 112 Å². The lowest BCUT2D eigenvalue weighted by atomic mass is 10.1. The van der Waals surface area contributed by atoms with E-state index in [0.29, 0.717) is 13.0 Å². The summed E-state index contributed by atoms with van der Waals surface area (Å²) >= 11 is 0. The molecule has 0 bridgehead atoms. The van der Waals surface area contributed by atoms with E-state index in [1.807, 2.05) is 0 Å². The summed E-state index contributed by atoms with van der Waals surface area (Å²) in [4.78, 5) is 11.1. The number of halogens is 2. The van der Waals surface area contributed by atoms with Crippen molar-refractivity contribution in [2.24, 2.45) is 11.5 Å². The van der Waals surface area contributed by atoms with Crippen LogP contribution in [0.25, 0.3) is 0 Å². The normalized spacial score (nSPS) is 12.4. The summed E-state index contributed by atoms with van der Waals surface area (Å²) in [5.74, 6) is 2.26. The number of terminal acetylenes is 1. The van der Waals surface area contributed by atoms with Gasteiger partial charge in [0.05, 0.1) is 12.1 Å². The van der Waals surface area contributed by atoms with Crippen LogP contribution in [0.5, 0.6) is 0 Å². The molecule has 2 unspecified atom stereocenters. The third kappa shape index (κ3) is 10.2. The molecular formula is C9H19Br2N3O. The molecule has 0 aromatic rings. The number of nitrogens with two attached hydrogens (primary N) is 2. The van der Waals surface area contributed by atoms with Gasteiger partial charge in [-0.05, 0) is 26.3 Å². The van der Waals surface area contributed by atoms with Gasteiger partial charge in [-0.25, -0.2) is 0 Å². The van der Waals surface area contributed by atoms with Gasteiger partial charge in [0.1, 0.15) is 0 Å². The maximum absolute atomic E-state index is 11.1. The van der Waals surface area contributed by atoms with E-state index in [4.69, 9.17) is 17.9 Å². The molecule has 0 spiro atoms. The number of amides is 1. The molecule has 4 nitrogen and oxygen atoms in total. The molecule has 0 fully saturated rings. The lowest BCUT2D eigenvalue weighted by Crippen LogP contribution is -2.43. The summed E-state index contributed by atoms with van der Waals surface area (Å²) in [7, 11) is 0. The topological polar surface area (TPSA) is 81.1 Å². The molecule has 90 valence electrons. The van der Waals surface area contributed by atoms with Gasteiger partial charge >= 0.3 is 0 Å². The van der Waals surface area contributed by atoms with Crippen molar-refractivity contribution in [2.75, 3.05) is 6.54 Å². The van der Waals surface area contributed by atoms with E-state index < -0.39 is 6.04 Å². The van der Waals surface area contributed by atoms with Gasteiger partial charge in [-0.1, -0.05) is 5.92 Å². The summed E-state index contributed by atoms with van der Waals surface area (Å²) in [6.07, 6.45) is 6.72. The Bertz CT molecular complexity index is 204. The molecule has 0 aliphatic rings. The van der Waals surface area contributed by atoms with E-state index >= 15 is 0 Å². The van der Waals surface area contributed by atoms with E-state index in [1.54, 1.807) is 6.92 Å². The Morgan fingerprint density at radius 3 is 2.40 bits per heavy atom. The number of carbonyl (C=O) groups excluding carboxylic acids is 1. The van der Waals surface area contributed by atoms with Crippen LogP contribution in [0.2, 0.25) is 0 Å². The first-order chi connectivity index (χ1) is 6.11. The van der Waals surface area contributed by atoms with Crippen molar-refractivity contribution in [3.8, 4) is 12.3 Å². The van der Waals surface area contributed by atoms with Crippen LogP contribution in [0.4, 0.5) is 0 Å². The maximum atomic E-state index is 11.1. The minimum atomic E-state index is -0.520. The van der Waals surface area contributed by atoms with Crippen LogP contribution in [0.3, 0.4) is 0 Å². The van der Waals surface area contributed by atoms with Crippen molar-refractivity contribution in [3.05, 3.63) is 0 Å². The van der Waals surface area contributed by atoms with Crippen LogP contribution in [0, 0.1) is 12.3 Å². The monoisotopic (exact) mass is 343 g/mol. The molecule has 0 heterocycles. The van der Waals surface area contributed by atoms with Gasteiger partial charge in [0.2, 0.25) is 5.91 Å². The molecule has 15 heavy (non-hydrogen) atoms. The van der Waals surface area contributed by atoms with Crippen LogP contribution < -0.4 is 16.8 Å². The van der Waals surface area contributed by atoms with Crippen molar-refractivity contribution in [1.29, 1.82) is 0 Å². The number of nitrogens with one attached hydrogen (secondary N) is 1. The summed E-state index contributed by atoms with van der Waals surface area (Å²) in [5.41, 5.74) is 10.7. The fraction of sp³-hybridized carbons (Fsp3) is 0.667. The number of rotatable bonds is 5. The van der Waals surface area contributed by atoms with E-state index in [9.17, 15) is 4.79 Å². The predicted molar refractivity (Wildman–Crippen MR) is 73.3 cm³/mol. The maximum Gasteiger partial charge on any atom is 0.237 e. The molecule has 0 aromatic heterocycles. The zero-order valence-corrected chi connectivity index (χ0v) is 12.2. The smallest absolute Gasteiger partial charge is 0.237 e. The largest absolute Gasteiger partial charge is 0.341 e. The second-order valence-corrected chi connectivity index (χ2v) is 2.95. The first-order valence-electron chi connectivity index (χ1n) is 4.34. The SMILES string of the molecule is Br.Br.C#CC(CCCN)NC(=O)C(C)N. The highest BCUT2D eigenvalue weighted by Gasteiger charge is 2.11. The molecule has 0 radical (unpaired) electrons. The van der Waals surface area contributed by atoms with Crippen molar-refractivity contribution < 1.29 is 4.79 Å². The molecule has 2 atom stereocenters. The third-order valence-corrected chi connectivity index (χ3v) is 1.63. The molecule has 0 aromatic carbocycles. The molecule has 6 heteroatoms. The van der Waals surface area contributed by atoms with Crippen LogP contribution in [0.15, 0.2) is 0 Å². The molecule has 0 aliphatic heterocycles. The first kappa shape index (κ1) is 20.3. The number of carbonyl (C=O) groups is 1. The highest BCUT2D eigenvalue weighted by molar-refractivity contribution is 8.93. The average molecular weight is 345 g/mol. The lowest BCUT2D eigenvalue weighted by Gasteiger charge is -2.13. The van der Waals surface area contributed by atoms with Gasteiger partial charge in [-0.15, -0.1) is 40.4 Å². The van der Waals surface area contributed by atoms with E-state index in [1.165, 1.54) is 0 Å². The summed E-state index contributed by atoms with van der Waals surface area (Å²) in [6.45, 7) is 2.19. The standard InChI is InChI=1S/C9H17N3O.2BrH/c1-3-8(5-4-6-10)12-9(13)7(2)11;;/h1,7-8H,4-6,10-11H2,2H3,(H,12,13);2*1H. The fourth-order valence-electron chi connectivity index (χ4n) is 0.822. The molecule has 1 amide bonds. The quantitative estimate of drug-likeness (QED) is 0.629. The van der Waals surface area contributed by atoms with E-state index in [-0.39, 0.29) is 45.9 Å². The lowest BCUT2D eigenvalue weighted by molar-refractivity contribution is -0.122. The molecule has 0 saturated carbocycles. The second-order valence-electron chi connectivity index (χ2n) is 2.95. The van der Waals surface area contributed by atoms with Crippen molar-refractivity contribution >= 4 is 39.9 Å². The Kier molecular flexibility index (Phi) is 16.2. The minimum absolute atomic E-state index is 0. The molecule has 5 N–H and O–H groups in total. The third-order valence-electron chi connectivity index (χ3n) is 1.63. The molecule has 0 rings (SSSR count). The van der Waals surface area contributed by atoms with Crippen molar-refractivity contribution in [2.45, 2.75) is 31.8 Å². The summed E-state index contributed by atoms with van der Waals surface area (Å²) < 4.78 is 0. The molecule has 0 saturated heterocycles. The zero-order valence-electron chi connectivity index (χ0n) is 8.73. The number of hydrogen-bond donors (Lipinski definition) is 3. The predicted octanol–water partition coefficient (Wildman–Crippen LogP) is 0.346. The minimum Gasteiger partial charge on any atom is -0.341 e. The fourth-order valence-corrected chi connectivity index (χ4v) is 0.822. The van der Waals surface area contributed by atoms with Crippen LogP contribution >= 0.6 is 34.0 Å². The molecule has 0 aliphatic carbocycles. The van der Waals surface area contributed by atoms with E-state index in [0.717, 1.165) is 6.42 Å². The van der Waals surface area contributed by atoms with Gasteiger partial charge in [0, 0.05) is 0 Å². The van der Waals surface area contributed by atoms with Gasteiger partial charge < -0.3 is 16.8 Å². The van der Waals surface area contributed by atoms with Gasteiger partial charge in [0.15, 0.2) is 0 Å². The second kappa shape index (κ2) is 12.0. The molecular weight excluding hydrogens is 326 g/mol. The highest BCUT2D eigenvalue weighted by atomic mass is 79.9. The Morgan fingerprint density at radius 2 is 2.07 bits per heavy atom. The van der Waals surface area contributed by atoms with Gasteiger partial charge in [-0.2, -0.15) is 0 Å². The highest BCUT2D eigenvalue weighted by Crippen LogP contribution is 1.94. The van der Waals surface area contributed by atoms with Crippen LogP contribution in [0.1, 0.15) is 19.8 Å². The Morgan fingerprint density at radius 1 is 1.53 bits per heavy atom. The van der Waals surface area contributed by atoms with E-state index in [2.05, 4.69) is 11.2 Å². The van der Waals surface area contributed by atoms with Crippen LogP contribution in [-0.2, 0) is 4.79 Å².